The quantitative estimate of drug-likeness (QED) is 0.509. The van der Waals surface area contributed by atoms with Crippen LogP contribution in [0.1, 0.15) is 6.92 Å². The predicted octanol–water partition coefficient (Wildman–Crippen LogP) is 1.53. The van der Waals surface area contributed by atoms with Crippen LogP contribution in [0, 0.1) is 0 Å². The van der Waals surface area contributed by atoms with E-state index in [-0.39, 0.29) is 11.2 Å². The lowest BCUT2D eigenvalue weighted by molar-refractivity contribution is 0.698. The molecule has 0 aliphatic heterocycles. The fourth-order valence-corrected chi connectivity index (χ4v) is 3.40. The molecule has 0 saturated carbocycles. The third-order valence-corrected chi connectivity index (χ3v) is 4.93. The Morgan fingerprint density at radius 3 is 2.36 bits per heavy atom. The maximum absolute atomic E-state index is 12.7. The van der Waals surface area contributed by atoms with Gasteiger partial charge in [0.2, 0.25) is 5.78 Å². The molecule has 25 heavy (non-hydrogen) atoms. The Labute approximate surface area is 150 Å². The van der Waals surface area contributed by atoms with Crippen LogP contribution in [0.4, 0.5) is 0 Å². The first-order valence-corrected chi connectivity index (χ1v) is 8.54. The molecule has 128 valence electrons. The Balaban J connectivity index is 2.25. The van der Waals surface area contributed by atoms with Crippen molar-refractivity contribution in [1.29, 1.82) is 0 Å². The maximum Gasteiger partial charge on any atom is 0.332 e. The van der Waals surface area contributed by atoms with E-state index >= 15 is 0 Å². The van der Waals surface area contributed by atoms with Gasteiger partial charge in [-0.1, -0.05) is 28.1 Å². The minimum absolute atomic E-state index is 0.341. The van der Waals surface area contributed by atoms with E-state index < -0.39 is 0 Å². The molecule has 3 aromatic heterocycles. The van der Waals surface area contributed by atoms with Gasteiger partial charge in [-0.3, -0.25) is 13.9 Å². The molecule has 0 N–H and O–H groups in total. The molecule has 0 unspecified atom stereocenters. The average molecular weight is 403 g/mol. The van der Waals surface area contributed by atoms with Crippen molar-refractivity contribution in [1.82, 2.24) is 28.3 Å². The van der Waals surface area contributed by atoms with Crippen molar-refractivity contribution >= 4 is 32.9 Å². The summed E-state index contributed by atoms with van der Waals surface area (Å²) >= 11 is 3.42. The van der Waals surface area contributed by atoms with Crippen LogP contribution in [0.5, 0.6) is 0 Å². The molecule has 0 saturated heterocycles. The lowest BCUT2D eigenvalue weighted by Gasteiger charge is -2.06. The van der Waals surface area contributed by atoms with Crippen LogP contribution in [0.2, 0.25) is 0 Å². The van der Waals surface area contributed by atoms with Crippen molar-refractivity contribution < 1.29 is 0 Å². The van der Waals surface area contributed by atoms with Crippen LogP contribution in [0.25, 0.3) is 28.3 Å². The molecule has 0 spiro atoms. The van der Waals surface area contributed by atoms with Crippen molar-refractivity contribution in [3.63, 3.8) is 0 Å². The fourth-order valence-electron chi connectivity index (χ4n) is 3.14. The van der Waals surface area contributed by atoms with E-state index in [9.17, 15) is 9.59 Å². The zero-order valence-electron chi connectivity index (χ0n) is 13.9. The van der Waals surface area contributed by atoms with Gasteiger partial charge in [0.05, 0.1) is 0 Å². The first-order chi connectivity index (χ1) is 12.0. The third-order valence-electron chi connectivity index (χ3n) is 4.40. The normalized spacial score (nSPS) is 11.7. The van der Waals surface area contributed by atoms with Crippen LogP contribution in [-0.2, 0) is 20.6 Å². The largest absolute Gasteiger partial charge is 0.332 e. The van der Waals surface area contributed by atoms with E-state index in [0.717, 1.165) is 14.6 Å². The van der Waals surface area contributed by atoms with Crippen LogP contribution in [0.3, 0.4) is 0 Å². The van der Waals surface area contributed by atoms with Crippen molar-refractivity contribution in [3.8, 4) is 11.4 Å². The van der Waals surface area contributed by atoms with E-state index in [4.69, 9.17) is 0 Å². The third kappa shape index (κ3) is 2.05. The van der Waals surface area contributed by atoms with E-state index in [0.29, 0.717) is 29.3 Å². The molecular formula is C16H15BrN6O2. The molecule has 0 radical (unpaired) electrons. The number of aromatic nitrogens is 6. The second-order valence-corrected chi connectivity index (χ2v) is 6.70. The van der Waals surface area contributed by atoms with Gasteiger partial charge in [0, 0.05) is 30.7 Å². The first-order valence-electron chi connectivity index (χ1n) is 7.75. The molecule has 0 fully saturated rings. The van der Waals surface area contributed by atoms with Crippen LogP contribution in [0.15, 0.2) is 38.3 Å². The lowest BCUT2D eigenvalue weighted by Crippen LogP contribution is -2.37. The van der Waals surface area contributed by atoms with Crippen molar-refractivity contribution in [2.45, 2.75) is 13.5 Å². The summed E-state index contributed by atoms with van der Waals surface area (Å²) in [7, 11) is 3.13. The van der Waals surface area contributed by atoms with Crippen molar-refractivity contribution in [2.24, 2.45) is 14.1 Å². The molecule has 0 aliphatic carbocycles. The number of nitrogens with zero attached hydrogens (tertiary/aromatic N) is 6. The summed E-state index contributed by atoms with van der Waals surface area (Å²) in [6.07, 6.45) is 0. The molecule has 9 heteroatoms. The topological polar surface area (TPSA) is 79.1 Å². The first kappa shape index (κ1) is 15.8. The van der Waals surface area contributed by atoms with Gasteiger partial charge in [0.1, 0.15) is 0 Å². The summed E-state index contributed by atoms with van der Waals surface area (Å²) in [6.45, 7) is 2.47. The number of rotatable bonds is 2. The van der Waals surface area contributed by atoms with Crippen LogP contribution >= 0.6 is 15.9 Å². The molecule has 1 aromatic carbocycles. The van der Waals surface area contributed by atoms with Crippen molar-refractivity contribution in [2.75, 3.05) is 0 Å². The molecular weight excluding hydrogens is 388 g/mol. The van der Waals surface area contributed by atoms with Gasteiger partial charge < -0.3 is 4.57 Å². The summed E-state index contributed by atoms with van der Waals surface area (Å²) in [6, 6.07) is 7.64. The highest BCUT2D eigenvalue weighted by molar-refractivity contribution is 9.10. The van der Waals surface area contributed by atoms with Gasteiger partial charge in [-0.2, -0.15) is 0 Å². The Kier molecular flexibility index (Phi) is 3.43. The summed E-state index contributed by atoms with van der Waals surface area (Å²) in [5.74, 6) is 1.12. The smallest absolute Gasteiger partial charge is 0.303 e. The predicted molar refractivity (Wildman–Crippen MR) is 97.8 cm³/mol. The Morgan fingerprint density at radius 1 is 1.04 bits per heavy atom. The van der Waals surface area contributed by atoms with Gasteiger partial charge in [0.25, 0.3) is 5.56 Å². The van der Waals surface area contributed by atoms with E-state index in [1.54, 1.807) is 16.0 Å². The molecule has 4 aromatic rings. The maximum atomic E-state index is 12.7. The lowest BCUT2D eigenvalue weighted by atomic mass is 10.2. The Hall–Kier alpha value is -2.68. The number of hydrogen-bond acceptors (Lipinski definition) is 4. The average Bonchev–Trinajstić information content (AvgIpc) is 3.16. The minimum atomic E-state index is -0.386. The molecule has 3 heterocycles. The second kappa shape index (κ2) is 5.41. The van der Waals surface area contributed by atoms with Gasteiger partial charge in [0.15, 0.2) is 17.0 Å². The van der Waals surface area contributed by atoms with E-state index in [1.807, 2.05) is 31.2 Å². The summed E-state index contributed by atoms with van der Waals surface area (Å²) in [5.41, 5.74) is 1.05. The van der Waals surface area contributed by atoms with Gasteiger partial charge in [-0.25, -0.2) is 9.20 Å². The molecule has 0 aliphatic rings. The highest BCUT2D eigenvalue weighted by Gasteiger charge is 2.23. The number of imidazole rings is 1. The Bertz CT molecular complexity index is 1240. The highest BCUT2D eigenvalue weighted by Crippen LogP contribution is 2.25. The molecule has 8 nitrogen and oxygen atoms in total. The van der Waals surface area contributed by atoms with Crippen LogP contribution < -0.4 is 11.2 Å². The molecule has 4 rings (SSSR count). The zero-order chi connectivity index (χ0) is 17.9. The molecule has 0 amide bonds. The Morgan fingerprint density at radius 2 is 1.72 bits per heavy atom. The molecule has 0 bridgehead atoms. The zero-order valence-corrected chi connectivity index (χ0v) is 15.5. The van der Waals surface area contributed by atoms with E-state index in [1.165, 1.54) is 11.6 Å². The summed E-state index contributed by atoms with van der Waals surface area (Å²) in [4.78, 5) is 25.1. The molecule has 0 atom stereocenters. The number of halogens is 1. The number of hydrogen-bond donors (Lipinski definition) is 0. The fraction of sp³-hybridized carbons (Fsp3) is 0.250. The second-order valence-electron chi connectivity index (χ2n) is 5.79. The summed E-state index contributed by atoms with van der Waals surface area (Å²) in [5, 5.41) is 8.56. The van der Waals surface area contributed by atoms with E-state index in [2.05, 4.69) is 26.1 Å². The van der Waals surface area contributed by atoms with Gasteiger partial charge in [-0.15, -0.1) is 10.2 Å². The number of aryl methyl sites for hydroxylation is 2. The minimum Gasteiger partial charge on any atom is -0.303 e. The van der Waals surface area contributed by atoms with Crippen molar-refractivity contribution in [3.05, 3.63) is 49.6 Å². The SMILES string of the molecule is CCn1c2c(=O)n(C)c(=O)n(C)c2n2c(-c3ccc(Br)cc3)nnc12. The highest BCUT2D eigenvalue weighted by atomic mass is 79.9. The number of fused-ring (bicyclic) bond motifs is 3. The summed E-state index contributed by atoms with van der Waals surface area (Å²) < 4.78 is 7.08. The number of benzene rings is 1. The van der Waals surface area contributed by atoms with Gasteiger partial charge in [-0.05, 0) is 19.1 Å². The standard InChI is InChI=1S/C16H15BrN6O2/c1-4-22-11-13(20(2)16(25)21(3)14(11)24)23-12(18-19-15(22)23)9-5-7-10(17)8-6-9/h5-8H,4H2,1-3H3. The van der Waals surface area contributed by atoms with Crippen LogP contribution in [-0.4, -0.2) is 28.3 Å². The van der Waals surface area contributed by atoms with Gasteiger partial charge >= 0.3 is 5.69 Å². The monoisotopic (exact) mass is 402 g/mol.